The highest BCUT2D eigenvalue weighted by Gasteiger charge is 2.26. The van der Waals surface area contributed by atoms with E-state index in [0.29, 0.717) is 18.0 Å². The van der Waals surface area contributed by atoms with E-state index >= 15 is 0 Å². The minimum atomic E-state index is 0.0197. The molecule has 0 saturated heterocycles. The molecule has 1 aliphatic rings. The first-order valence-corrected chi connectivity index (χ1v) is 7.61. The van der Waals surface area contributed by atoms with Gasteiger partial charge in [0.2, 0.25) is 0 Å². The number of carbonyl (C=O) groups excluding carboxylic acids is 1. The number of aromatic nitrogens is 2. The van der Waals surface area contributed by atoms with Crippen LogP contribution in [0.1, 0.15) is 40.5 Å². The summed E-state index contributed by atoms with van der Waals surface area (Å²) in [5, 5.41) is 7.37. The lowest BCUT2D eigenvalue weighted by atomic mass is 10.1. The topological polar surface area (TPSA) is 52.2 Å². The van der Waals surface area contributed by atoms with Crippen LogP contribution in [0.15, 0.2) is 30.3 Å². The molecule has 5 nitrogen and oxygen atoms in total. The molecule has 1 N–H and O–H groups in total. The summed E-state index contributed by atoms with van der Waals surface area (Å²) in [6.45, 7) is 0.546. The van der Waals surface area contributed by atoms with Gasteiger partial charge in [0.1, 0.15) is 0 Å². The standard InChI is InChI=1S/C17H22N4O/c1-20(2)15-6-4-5-13(9-15)17(22)21(3)11-14-10-16(19-18-14)12-7-8-12/h4-6,9-10,12H,7-8,11H2,1-3H3,(H,18,19). The Balaban J connectivity index is 1.69. The molecule has 1 aromatic heterocycles. The molecule has 3 rings (SSSR count). The van der Waals surface area contributed by atoms with Crippen molar-refractivity contribution in [3.05, 3.63) is 47.3 Å². The van der Waals surface area contributed by atoms with Gasteiger partial charge in [-0.25, -0.2) is 0 Å². The van der Waals surface area contributed by atoms with Gasteiger partial charge in [-0.1, -0.05) is 6.07 Å². The van der Waals surface area contributed by atoms with Crippen molar-refractivity contribution in [3.63, 3.8) is 0 Å². The zero-order valence-corrected chi connectivity index (χ0v) is 13.3. The Labute approximate surface area is 130 Å². The number of carbonyl (C=O) groups is 1. The van der Waals surface area contributed by atoms with E-state index in [0.717, 1.165) is 17.1 Å². The lowest BCUT2D eigenvalue weighted by molar-refractivity contribution is 0.0783. The van der Waals surface area contributed by atoms with Crippen molar-refractivity contribution in [2.75, 3.05) is 26.0 Å². The summed E-state index contributed by atoms with van der Waals surface area (Å²) in [5.74, 6) is 0.647. The Morgan fingerprint density at radius 3 is 2.73 bits per heavy atom. The number of benzene rings is 1. The molecule has 1 fully saturated rings. The number of hydrogen-bond donors (Lipinski definition) is 1. The van der Waals surface area contributed by atoms with Crippen molar-refractivity contribution in [1.82, 2.24) is 15.1 Å². The monoisotopic (exact) mass is 298 g/mol. The third-order valence-electron chi connectivity index (χ3n) is 4.01. The van der Waals surface area contributed by atoms with Crippen LogP contribution < -0.4 is 4.90 Å². The third kappa shape index (κ3) is 3.13. The first-order chi connectivity index (χ1) is 10.5. The zero-order valence-electron chi connectivity index (χ0n) is 13.3. The molecular weight excluding hydrogens is 276 g/mol. The number of nitrogens with one attached hydrogen (secondary N) is 1. The minimum Gasteiger partial charge on any atom is -0.378 e. The second kappa shape index (κ2) is 5.83. The molecule has 0 bridgehead atoms. The quantitative estimate of drug-likeness (QED) is 0.923. The number of aromatic amines is 1. The van der Waals surface area contributed by atoms with Crippen molar-refractivity contribution in [1.29, 1.82) is 0 Å². The van der Waals surface area contributed by atoms with Crippen molar-refractivity contribution < 1.29 is 4.79 Å². The molecule has 2 aromatic rings. The summed E-state index contributed by atoms with van der Waals surface area (Å²) >= 11 is 0. The Morgan fingerprint density at radius 1 is 1.27 bits per heavy atom. The van der Waals surface area contributed by atoms with Crippen LogP contribution in [0.25, 0.3) is 0 Å². The third-order valence-corrected chi connectivity index (χ3v) is 4.01. The maximum absolute atomic E-state index is 12.5. The van der Waals surface area contributed by atoms with E-state index < -0.39 is 0 Å². The van der Waals surface area contributed by atoms with Crippen molar-refractivity contribution in [2.45, 2.75) is 25.3 Å². The van der Waals surface area contributed by atoms with Gasteiger partial charge >= 0.3 is 0 Å². The largest absolute Gasteiger partial charge is 0.378 e. The van der Waals surface area contributed by atoms with E-state index in [4.69, 9.17) is 0 Å². The lowest BCUT2D eigenvalue weighted by Crippen LogP contribution is -2.26. The summed E-state index contributed by atoms with van der Waals surface area (Å²) in [5.41, 5.74) is 3.85. The van der Waals surface area contributed by atoms with Gasteiger partial charge in [0.05, 0.1) is 17.9 Å². The van der Waals surface area contributed by atoms with E-state index in [1.54, 1.807) is 4.90 Å². The van der Waals surface area contributed by atoms with E-state index in [-0.39, 0.29) is 5.91 Å². The summed E-state index contributed by atoms with van der Waals surface area (Å²) in [4.78, 5) is 16.3. The second-order valence-electron chi connectivity index (χ2n) is 6.20. The second-order valence-corrected chi connectivity index (χ2v) is 6.20. The molecule has 1 aromatic carbocycles. The molecule has 22 heavy (non-hydrogen) atoms. The van der Waals surface area contributed by atoms with Crippen molar-refractivity contribution >= 4 is 11.6 Å². The van der Waals surface area contributed by atoms with Crippen LogP contribution >= 0.6 is 0 Å². The number of rotatable bonds is 5. The Bertz CT molecular complexity index is 673. The number of amides is 1. The Kier molecular flexibility index (Phi) is 3.88. The molecule has 0 atom stereocenters. The highest BCUT2D eigenvalue weighted by molar-refractivity contribution is 5.95. The van der Waals surface area contributed by atoms with Gasteiger partial charge in [0.15, 0.2) is 0 Å². The van der Waals surface area contributed by atoms with Crippen molar-refractivity contribution in [2.24, 2.45) is 0 Å². The molecule has 0 unspecified atom stereocenters. The van der Waals surface area contributed by atoms with Gasteiger partial charge in [0, 0.05) is 38.3 Å². The predicted octanol–water partition coefficient (Wildman–Crippen LogP) is 2.63. The number of H-pyrrole nitrogens is 1. The number of nitrogens with zero attached hydrogens (tertiary/aromatic N) is 3. The average molecular weight is 298 g/mol. The first-order valence-electron chi connectivity index (χ1n) is 7.61. The Morgan fingerprint density at radius 2 is 2.05 bits per heavy atom. The molecular formula is C17H22N4O. The summed E-state index contributed by atoms with van der Waals surface area (Å²) in [6.07, 6.45) is 2.47. The van der Waals surface area contributed by atoms with Gasteiger partial charge in [-0.2, -0.15) is 5.10 Å². The summed E-state index contributed by atoms with van der Waals surface area (Å²) < 4.78 is 0. The molecule has 1 aliphatic carbocycles. The van der Waals surface area contributed by atoms with Gasteiger partial charge < -0.3 is 9.80 Å². The highest BCUT2D eigenvalue weighted by Crippen LogP contribution is 2.39. The maximum atomic E-state index is 12.5. The van der Waals surface area contributed by atoms with Gasteiger partial charge in [0.25, 0.3) is 5.91 Å². The fraction of sp³-hybridized carbons (Fsp3) is 0.412. The van der Waals surface area contributed by atoms with Crippen LogP contribution in [-0.4, -0.2) is 42.1 Å². The number of anilines is 1. The highest BCUT2D eigenvalue weighted by atomic mass is 16.2. The van der Waals surface area contributed by atoms with Gasteiger partial charge in [-0.3, -0.25) is 9.89 Å². The van der Waals surface area contributed by atoms with Crippen LogP contribution in [0.4, 0.5) is 5.69 Å². The van der Waals surface area contributed by atoms with E-state index in [1.807, 2.05) is 50.3 Å². The van der Waals surface area contributed by atoms with E-state index in [1.165, 1.54) is 12.8 Å². The van der Waals surface area contributed by atoms with Crippen LogP contribution in [0, 0.1) is 0 Å². The Hall–Kier alpha value is -2.30. The van der Waals surface area contributed by atoms with Crippen LogP contribution in [0.3, 0.4) is 0 Å². The molecule has 1 amide bonds. The SMILES string of the molecule is CN(Cc1cc(C2CC2)n[nH]1)C(=O)c1cccc(N(C)C)c1. The van der Waals surface area contributed by atoms with E-state index in [2.05, 4.69) is 16.3 Å². The van der Waals surface area contributed by atoms with Crippen LogP contribution in [0.5, 0.6) is 0 Å². The van der Waals surface area contributed by atoms with Crippen LogP contribution in [0.2, 0.25) is 0 Å². The molecule has 0 aliphatic heterocycles. The maximum Gasteiger partial charge on any atom is 0.254 e. The normalized spacial score (nSPS) is 14.0. The average Bonchev–Trinajstić information content (AvgIpc) is 3.27. The number of hydrogen-bond acceptors (Lipinski definition) is 3. The fourth-order valence-corrected chi connectivity index (χ4v) is 2.51. The smallest absolute Gasteiger partial charge is 0.254 e. The van der Waals surface area contributed by atoms with Crippen molar-refractivity contribution in [3.8, 4) is 0 Å². The molecule has 5 heteroatoms. The molecule has 0 radical (unpaired) electrons. The lowest BCUT2D eigenvalue weighted by Gasteiger charge is -2.18. The molecule has 1 heterocycles. The molecule has 0 spiro atoms. The zero-order chi connectivity index (χ0) is 15.7. The van der Waals surface area contributed by atoms with Gasteiger partial charge in [-0.05, 0) is 37.1 Å². The van der Waals surface area contributed by atoms with E-state index in [9.17, 15) is 4.79 Å². The molecule has 116 valence electrons. The van der Waals surface area contributed by atoms with Gasteiger partial charge in [-0.15, -0.1) is 0 Å². The summed E-state index contributed by atoms with van der Waals surface area (Å²) in [7, 11) is 5.76. The molecule has 1 saturated carbocycles. The first kappa shape index (κ1) is 14.6. The fourth-order valence-electron chi connectivity index (χ4n) is 2.51. The van der Waals surface area contributed by atoms with Crippen LogP contribution in [-0.2, 0) is 6.54 Å². The summed E-state index contributed by atoms with van der Waals surface area (Å²) in [6, 6.07) is 9.76. The predicted molar refractivity (Wildman–Crippen MR) is 87.1 cm³/mol. The minimum absolute atomic E-state index is 0.0197.